The number of carbonyl (C=O) groups excluding carboxylic acids is 2. The van der Waals surface area contributed by atoms with Crippen molar-refractivity contribution < 1.29 is 24.2 Å². The lowest BCUT2D eigenvalue weighted by Gasteiger charge is -2.56. The minimum absolute atomic E-state index is 0. The van der Waals surface area contributed by atoms with Crippen molar-refractivity contribution >= 4 is 36.8 Å². The second-order valence-electron chi connectivity index (χ2n) is 8.93. The number of nitrogens with zero attached hydrogens (tertiary/aromatic N) is 2. The van der Waals surface area contributed by atoms with Gasteiger partial charge in [-0.25, -0.2) is 10.2 Å². The minimum Gasteiger partial charge on any atom is -0.482 e. The van der Waals surface area contributed by atoms with Gasteiger partial charge >= 0.3 is 6.09 Å². The Balaban J connectivity index is 0.00000153. The first-order chi connectivity index (χ1) is 14.9. The summed E-state index contributed by atoms with van der Waals surface area (Å²) in [5, 5.41) is 10.8. The van der Waals surface area contributed by atoms with Crippen LogP contribution in [0.2, 0.25) is 0 Å². The molecule has 1 aromatic carbocycles. The highest BCUT2D eigenvalue weighted by atomic mass is 35.5. The van der Waals surface area contributed by atoms with Crippen LogP contribution in [-0.2, 0) is 16.6 Å². The van der Waals surface area contributed by atoms with Crippen LogP contribution in [0.25, 0.3) is 0 Å². The first kappa shape index (κ1) is 25.6. The molecule has 0 aromatic heterocycles. The van der Waals surface area contributed by atoms with E-state index in [9.17, 15) is 14.7 Å². The lowest BCUT2D eigenvalue weighted by Crippen LogP contribution is -2.64. The second-order valence-corrected chi connectivity index (χ2v) is 8.93. The fourth-order valence-electron chi connectivity index (χ4n) is 5.94. The van der Waals surface area contributed by atoms with E-state index >= 15 is 0 Å². The zero-order chi connectivity index (χ0) is 21.9. The monoisotopic (exact) mass is 500 g/mol. The summed E-state index contributed by atoms with van der Waals surface area (Å²) in [4.78, 5) is 28.0. The molecule has 2 bridgehead atoms. The van der Waals surface area contributed by atoms with Gasteiger partial charge in [-0.2, -0.15) is 0 Å². The van der Waals surface area contributed by atoms with E-state index in [2.05, 4.69) is 28.9 Å². The van der Waals surface area contributed by atoms with Gasteiger partial charge in [0.05, 0.1) is 0 Å². The molecule has 5 rings (SSSR count). The fourth-order valence-corrected chi connectivity index (χ4v) is 5.94. The molecule has 0 saturated carbocycles. The number of likely N-dealkylation sites (N-methyl/N-ethyl adjacent to an activating group) is 2. The summed E-state index contributed by atoms with van der Waals surface area (Å²) < 4.78 is 12.0. The number of hydrogen-bond donors (Lipinski definition) is 3. The van der Waals surface area contributed by atoms with E-state index in [1.807, 2.05) is 12.1 Å². The minimum atomic E-state index is -0.713. The van der Waals surface area contributed by atoms with Crippen molar-refractivity contribution in [3.8, 4) is 11.5 Å². The van der Waals surface area contributed by atoms with Crippen LogP contribution in [-0.4, -0.2) is 79.4 Å². The highest BCUT2D eigenvalue weighted by Crippen LogP contribution is 2.62. The van der Waals surface area contributed by atoms with Gasteiger partial charge in [0.2, 0.25) is 0 Å². The molecule has 33 heavy (non-hydrogen) atoms. The van der Waals surface area contributed by atoms with Gasteiger partial charge in [-0.05, 0) is 38.1 Å². The van der Waals surface area contributed by atoms with Gasteiger partial charge < -0.3 is 24.4 Å². The number of likely N-dealkylation sites (tertiary alicyclic amines) is 1. The van der Waals surface area contributed by atoms with E-state index in [1.54, 1.807) is 13.1 Å². The molecule has 1 spiro atoms. The molecule has 0 radical (unpaired) electrons. The van der Waals surface area contributed by atoms with Crippen LogP contribution >= 0.6 is 24.8 Å². The van der Waals surface area contributed by atoms with Crippen LogP contribution in [0, 0.1) is 5.92 Å². The predicted octanol–water partition coefficient (Wildman–Crippen LogP) is 1.02. The van der Waals surface area contributed by atoms with Gasteiger partial charge in [-0.15, -0.1) is 24.8 Å². The van der Waals surface area contributed by atoms with Gasteiger partial charge in [-0.1, -0.05) is 18.2 Å². The normalized spacial score (nSPS) is 30.2. The average molecular weight is 501 g/mol. The van der Waals surface area contributed by atoms with E-state index in [0.29, 0.717) is 17.5 Å². The van der Waals surface area contributed by atoms with Crippen LogP contribution in [0.15, 0.2) is 24.3 Å². The molecular formula is C22H30Cl2N4O5. The van der Waals surface area contributed by atoms with Crippen LogP contribution < -0.4 is 20.3 Å². The SMILES string of the molecule is CNNC(=O)CN(C)C(=O)Oc1ccc2c3c1O[C@H]1[C@@H](O)C=CC4C(C2)N(C)CC[C@@]341.Cl.Cl. The number of halogens is 2. The maximum Gasteiger partial charge on any atom is 0.415 e. The summed E-state index contributed by atoms with van der Waals surface area (Å²) in [6, 6.07) is 4.12. The molecule has 4 aliphatic rings. The maximum absolute atomic E-state index is 12.6. The Bertz CT molecular complexity index is 976. The average Bonchev–Trinajstić information content (AvgIpc) is 3.09. The molecule has 2 amide bonds. The third-order valence-corrected chi connectivity index (χ3v) is 7.29. The summed E-state index contributed by atoms with van der Waals surface area (Å²) in [7, 11) is 5.23. The van der Waals surface area contributed by atoms with Crippen LogP contribution in [0.1, 0.15) is 17.5 Å². The van der Waals surface area contributed by atoms with Gasteiger partial charge in [0.1, 0.15) is 18.8 Å². The van der Waals surface area contributed by atoms with Gasteiger partial charge in [0.25, 0.3) is 5.91 Å². The van der Waals surface area contributed by atoms with E-state index in [1.165, 1.54) is 17.5 Å². The Morgan fingerprint density at radius 2 is 2.09 bits per heavy atom. The third-order valence-electron chi connectivity index (χ3n) is 7.29. The Kier molecular flexibility index (Phi) is 7.21. The number of rotatable bonds is 4. The van der Waals surface area contributed by atoms with Crippen LogP contribution in [0.3, 0.4) is 0 Å². The zero-order valence-corrected chi connectivity index (χ0v) is 20.4. The van der Waals surface area contributed by atoms with Crippen molar-refractivity contribution in [1.82, 2.24) is 20.7 Å². The number of nitrogens with one attached hydrogen (secondary N) is 2. The summed E-state index contributed by atoms with van der Waals surface area (Å²) in [6.45, 7) is 0.778. The number of piperidine rings is 1. The third kappa shape index (κ3) is 3.76. The van der Waals surface area contributed by atoms with Crippen molar-refractivity contribution in [2.75, 3.05) is 34.2 Å². The van der Waals surface area contributed by atoms with Crippen LogP contribution in [0.4, 0.5) is 4.79 Å². The van der Waals surface area contributed by atoms with Crippen molar-refractivity contribution in [1.29, 1.82) is 0 Å². The number of hydrazine groups is 1. The number of ether oxygens (including phenoxy) is 2. The Morgan fingerprint density at radius 1 is 1.33 bits per heavy atom. The second kappa shape index (κ2) is 9.31. The van der Waals surface area contributed by atoms with E-state index in [-0.39, 0.29) is 48.6 Å². The number of carbonyl (C=O) groups is 2. The molecule has 2 heterocycles. The lowest BCUT2D eigenvalue weighted by molar-refractivity contribution is -0.122. The standard InChI is InChI=1S/C22H28N4O5.2ClH/c1-23-24-17(28)11-26(3)21(29)30-16-7-4-12-10-14-13-5-6-15(27)20-22(13,8-9-25(14)2)18(12)19(16)31-20;;/h4-7,13-15,20,23,27H,8-11H2,1-3H3,(H,24,28);2*1H/t13?,14?,15-,20-,22-;;/m0../s1. The number of aliphatic hydroxyl groups excluding tert-OH is 1. The lowest BCUT2D eigenvalue weighted by atomic mass is 9.53. The van der Waals surface area contributed by atoms with Gasteiger partial charge in [0.15, 0.2) is 11.5 Å². The molecular weight excluding hydrogens is 471 g/mol. The van der Waals surface area contributed by atoms with E-state index in [4.69, 9.17) is 9.47 Å². The summed E-state index contributed by atoms with van der Waals surface area (Å²) in [5.41, 5.74) is 6.92. The predicted molar refractivity (Wildman–Crippen MR) is 126 cm³/mol. The topological polar surface area (TPSA) is 103 Å². The number of hydrogen-bond acceptors (Lipinski definition) is 7. The molecule has 11 heteroatoms. The maximum atomic E-state index is 12.6. The first-order valence-corrected chi connectivity index (χ1v) is 10.6. The first-order valence-electron chi connectivity index (χ1n) is 10.6. The van der Waals surface area contributed by atoms with Crippen molar-refractivity contribution in [3.63, 3.8) is 0 Å². The Labute approximate surface area is 205 Å². The quantitative estimate of drug-likeness (QED) is 0.418. The molecule has 1 saturated heterocycles. The highest BCUT2D eigenvalue weighted by molar-refractivity contribution is 5.85. The van der Waals surface area contributed by atoms with Gasteiger partial charge in [-0.3, -0.25) is 10.2 Å². The number of benzene rings is 1. The van der Waals surface area contributed by atoms with Crippen molar-refractivity contribution in [2.45, 2.75) is 36.5 Å². The zero-order valence-electron chi connectivity index (χ0n) is 18.7. The Hall–Kier alpha value is -2.04. The van der Waals surface area contributed by atoms with Crippen molar-refractivity contribution in [2.24, 2.45) is 5.92 Å². The van der Waals surface area contributed by atoms with E-state index < -0.39 is 18.3 Å². The number of aliphatic hydroxyl groups is 1. The molecule has 2 aliphatic carbocycles. The highest BCUT2D eigenvalue weighted by Gasteiger charge is 2.64. The molecule has 1 aromatic rings. The Morgan fingerprint density at radius 3 is 2.82 bits per heavy atom. The summed E-state index contributed by atoms with van der Waals surface area (Å²) >= 11 is 0. The van der Waals surface area contributed by atoms with Gasteiger partial charge in [0, 0.05) is 37.0 Å². The molecule has 2 aliphatic heterocycles. The van der Waals surface area contributed by atoms with E-state index in [0.717, 1.165) is 24.9 Å². The molecule has 9 nitrogen and oxygen atoms in total. The molecule has 3 N–H and O–H groups in total. The number of amides is 2. The molecule has 1 fully saturated rings. The largest absolute Gasteiger partial charge is 0.482 e. The van der Waals surface area contributed by atoms with Crippen molar-refractivity contribution in [3.05, 3.63) is 35.4 Å². The molecule has 5 atom stereocenters. The van der Waals surface area contributed by atoms with Crippen LogP contribution in [0.5, 0.6) is 11.5 Å². The summed E-state index contributed by atoms with van der Waals surface area (Å²) in [5.74, 6) is 0.774. The summed E-state index contributed by atoms with van der Waals surface area (Å²) in [6.07, 6.45) is 4.00. The molecule has 182 valence electrons. The fraction of sp³-hybridized carbons (Fsp3) is 0.545. The smallest absolute Gasteiger partial charge is 0.415 e. The molecule has 2 unspecified atom stereocenters.